The molecule has 0 aliphatic heterocycles. The number of halogens is 1. The number of benzene rings is 1. The van der Waals surface area contributed by atoms with Crippen molar-refractivity contribution in [1.82, 2.24) is 5.32 Å². The monoisotopic (exact) mass is 271 g/mol. The lowest BCUT2D eigenvalue weighted by Gasteiger charge is -2.21. The van der Waals surface area contributed by atoms with E-state index in [0.717, 1.165) is 0 Å². The Labute approximate surface area is 112 Å². The van der Waals surface area contributed by atoms with Crippen LogP contribution in [0.25, 0.3) is 0 Å². The van der Waals surface area contributed by atoms with Crippen LogP contribution in [0.4, 0.5) is 0 Å². The van der Waals surface area contributed by atoms with Crippen LogP contribution in [0.5, 0.6) is 5.75 Å². The van der Waals surface area contributed by atoms with Gasteiger partial charge in [0.2, 0.25) is 0 Å². The molecule has 1 unspecified atom stereocenters. The lowest BCUT2D eigenvalue weighted by atomic mass is 10.0. The zero-order chi connectivity index (χ0) is 13.7. The van der Waals surface area contributed by atoms with Gasteiger partial charge in [-0.25, -0.2) is 0 Å². The lowest BCUT2D eigenvalue weighted by molar-refractivity contribution is 0.0864. The molecule has 0 fully saturated rings. The number of carbonyl (C=O) groups excluding carboxylic acids is 1. The molecule has 0 aliphatic rings. The highest BCUT2D eigenvalue weighted by atomic mass is 35.5. The Kier molecular flexibility index (Phi) is 5.44. The minimum absolute atomic E-state index is 0.0863. The van der Waals surface area contributed by atoms with Gasteiger partial charge in [-0.3, -0.25) is 4.79 Å². The first-order valence-corrected chi connectivity index (χ1v) is 6.11. The van der Waals surface area contributed by atoms with Crippen molar-refractivity contribution in [1.29, 1.82) is 0 Å². The fourth-order valence-electron chi connectivity index (χ4n) is 1.52. The van der Waals surface area contributed by atoms with E-state index in [-0.39, 0.29) is 29.2 Å². The number of phenols is 1. The summed E-state index contributed by atoms with van der Waals surface area (Å²) in [5, 5.41) is 12.9. The van der Waals surface area contributed by atoms with Crippen molar-refractivity contribution in [2.75, 3.05) is 13.7 Å². The molecular formula is C13H18ClNO3. The van der Waals surface area contributed by atoms with Gasteiger partial charge in [-0.1, -0.05) is 25.4 Å². The predicted octanol–water partition coefficient (Wildman–Crippen LogP) is 2.45. The summed E-state index contributed by atoms with van der Waals surface area (Å²) in [5.41, 5.74) is 0.171. The second-order valence-electron chi connectivity index (χ2n) is 4.44. The van der Waals surface area contributed by atoms with Gasteiger partial charge < -0.3 is 15.2 Å². The first kappa shape index (κ1) is 14.8. The lowest BCUT2D eigenvalue weighted by Crippen LogP contribution is -2.41. The van der Waals surface area contributed by atoms with E-state index in [4.69, 9.17) is 16.3 Å². The molecule has 1 aromatic carbocycles. The maximum absolute atomic E-state index is 12.0. The molecular weight excluding hydrogens is 254 g/mol. The normalized spacial score (nSPS) is 12.5. The fourth-order valence-corrected chi connectivity index (χ4v) is 1.69. The molecule has 18 heavy (non-hydrogen) atoms. The summed E-state index contributed by atoms with van der Waals surface area (Å²) in [6.07, 6.45) is 0. The van der Waals surface area contributed by atoms with E-state index < -0.39 is 0 Å². The highest BCUT2D eigenvalue weighted by Crippen LogP contribution is 2.21. The Balaban J connectivity index is 2.83. The number of hydrogen-bond donors (Lipinski definition) is 2. The number of phenolic OH excluding ortho intramolecular Hbond substituents is 1. The average molecular weight is 272 g/mol. The van der Waals surface area contributed by atoms with Gasteiger partial charge in [0.05, 0.1) is 18.2 Å². The van der Waals surface area contributed by atoms with Gasteiger partial charge in [-0.15, -0.1) is 0 Å². The number of carbonyl (C=O) groups is 1. The molecule has 2 N–H and O–H groups in total. The quantitative estimate of drug-likeness (QED) is 0.865. The van der Waals surface area contributed by atoms with Crippen LogP contribution in [0.1, 0.15) is 24.2 Å². The number of hydrogen-bond acceptors (Lipinski definition) is 3. The Bertz CT molecular complexity index is 421. The molecule has 5 heteroatoms. The van der Waals surface area contributed by atoms with Crippen molar-refractivity contribution in [2.24, 2.45) is 5.92 Å². The van der Waals surface area contributed by atoms with Crippen molar-refractivity contribution in [3.8, 4) is 5.75 Å². The van der Waals surface area contributed by atoms with Crippen LogP contribution in [-0.4, -0.2) is 30.8 Å². The van der Waals surface area contributed by atoms with Crippen molar-refractivity contribution < 1.29 is 14.6 Å². The Morgan fingerprint density at radius 3 is 2.72 bits per heavy atom. The number of ether oxygens (including phenoxy) is 1. The summed E-state index contributed by atoms with van der Waals surface area (Å²) >= 11 is 5.81. The van der Waals surface area contributed by atoms with Crippen LogP contribution in [0.15, 0.2) is 18.2 Å². The van der Waals surface area contributed by atoms with Crippen molar-refractivity contribution in [2.45, 2.75) is 19.9 Å². The minimum Gasteiger partial charge on any atom is -0.507 e. The minimum atomic E-state index is -0.356. The van der Waals surface area contributed by atoms with E-state index in [1.807, 2.05) is 13.8 Å². The van der Waals surface area contributed by atoms with Gasteiger partial charge in [0.15, 0.2) is 0 Å². The number of methoxy groups -OCH3 is 1. The van der Waals surface area contributed by atoms with E-state index in [1.54, 1.807) is 7.11 Å². The molecule has 0 radical (unpaired) electrons. The highest BCUT2D eigenvalue weighted by molar-refractivity contribution is 6.31. The second-order valence-corrected chi connectivity index (χ2v) is 4.88. The average Bonchev–Trinajstić information content (AvgIpc) is 2.31. The fraction of sp³-hybridized carbons (Fsp3) is 0.462. The topological polar surface area (TPSA) is 58.6 Å². The smallest absolute Gasteiger partial charge is 0.255 e. The first-order chi connectivity index (χ1) is 8.45. The van der Waals surface area contributed by atoms with Crippen LogP contribution in [0.2, 0.25) is 5.02 Å². The van der Waals surface area contributed by atoms with Crippen LogP contribution in [0, 0.1) is 5.92 Å². The third-order valence-corrected chi connectivity index (χ3v) is 2.91. The first-order valence-electron chi connectivity index (χ1n) is 5.74. The molecule has 0 spiro atoms. The Morgan fingerprint density at radius 1 is 1.50 bits per heavy atom. The van der Waals surface area contributed by atoms with Crippen molar-refractivity contribution in [3.63, 3.8) is 0 Å². The SMILES string of the molecule is COCC(NC(=O)c1cc(Cl)ccc1O)C(C)C. The second kappa shape index (κ2) is 6.61. The van der Waals surface area contributed by atoms with E-state index in [2.05, 4.69) is 5.32 Å². The molecule has 0 saturated carbocycles. The summed E-state index contributed by atoms with van der Waals surface area (Å²) in [4.78, 5) is 12.0. The zero-order valence-electron chi connectivity index (χ0n) is 10.7. The van der Waals surface area contributed by atoms with Crippen molar-refractivity contribution >= 4 is 17.5 Å². The van der Waals surface area contributed by atoms with Crippen LogP contribution in [-0.2, 0) is 4.74 Å². The third kappa shape index (κ3) is 3.89. The molecule has 0 saturated heterocycles. The number of amides is 1. The zero-order valence-corrected chi connectivity index (χ0v) is 11.5. The molecule has 0 bridgehead atoms. The summed E-state index contributed by atoms with van der Waals surface area (Å²) in [6.45, 7) is 4.40. The Hall–Kier alpha value is -1.26. The molecule has 1 aromatic rings. The van der Waals surface area contributed by atoms with E-state index >= 15 is 0 Å². The van der Waals surface area contributed by atoms with Crippen LogP contribution >= 0.6 is 11.6 Å². The maximum Gasteiger partial charge on any atom is 0.255 e. The van der Waals surface area contributed by atoms with Crippen molar-refractivity contribution in [3.05, 3.63) is 28.8 Å². The molecule has 0 heterocycles. The van der Waals surface area contributed by atoms with E-state index in [9.17, 15) is 9.90 Å². The highest BCUT2D eigenvalue weighted by Gasteiger charge is 2.19. The largest absolute Gasteiger partial charge is 0.507 e. The summed E-state index contributed by atoms with van der Waals surface area (Å²) < 4.78 is 5.05. The van der Waals surface area contributed by atoms with Gasteiger partial charge in [0, 0.05) is 12.1 Å². The summed E-state index contributed by atoms with van der Waals surface area (Å²) in [7, 11) is 1.58. The molecule has 1 amide bonds. The molecule has 4 nitrogen and oxygen atoms in total. The number of rotatable bonds is 5. The Morgan fingerprint density at radius 2 is 2.17 bits per heavy atom. The molecule has 0 aliphatic carbocycles. The van der Waals surface area contributed by atoms with E-state index in [0.29, 0.717) is 11.6 Å². The van der Waals surface area contributed by atoms with Gasteiger partial charge >= 0.3 is 0 Å². The summed E-state index contributed by atoms with van der Waals surface area (Å²) in [6, 6.07) is 4.26. The van der Waals surface area contributed by atoms with Gasteiger partial charge in [0.25, 0.3) is 5.91 Å². The van der Waals surface area contributed by atoms with Gasteiger partial charge in [-0.05, 0) is 24.1 Å². The molecule has 100 valence electrons. The molecule has 0 aromatic heterocycles. The standard InChI is InChI=1S/C13H18ClNO3/c1-8(2)11(7-18-3)15-13(17)10-6-9(14)4-5-12(10)16/h4-6,8,11,16H,7H2,1-3H3,(H,15,17). The molecule has 1 atom stereocenters. The van der Waals surface area contributed by atoms with Crippen LogP contribution < -0.4 is 5.32 Å². The van der Waals surface area contributed by atoms with E-state index in [1.165, 1.54) is 18.2 Å². The van der Waals surface area contributed by atoms with Gasteiger partial charge in [-0.2, -0.15) is 0 Å². The molecule has 1 rings (SSSR count). The maximum atomic E-state index is 12.0. The predicted molar refractivity (Wildman–Crippen MR) is 71.1 cm³/mol. The van der Waals surface area contributed by atoms with Gasteiger partial charge in [0.1, 0.15) is 5.75 Å². The third-order valence-electron chi connectivity index (χ3n) is 2.67. The number of nitrogens with one attached hydrogen (secondary N) is 1. The number of aromatic hydroxyl groups is 1. The van der Waals surface area contributed by atoms with Crippen LogP contribution in [0.3, 0.4) is 0 Å². The summed E-state index contributed by atoms with van der Waals surface area (Å²) in [5.74, 6) is -0.210.